The SMILES string of the molecule is CC.CCc1ccc(Cl)cc1F.CNCc1ccc(Cl)c(F)c1. The van der Waals surface area contributed by atoms with Crippen molar-refractivity contribution in [3.05, 3.63) is 69.2 Å². The molecule has 0 aliphatic rings. The summed E-state index contributed by atoms with van der Waals surface area (Å²) < 4.78 is 25.5. The van der Waals surface area contributed by atoms with Crippen LogP contribution < -0.4 is 5.32 Å². The fourth-order valence-corrected chi connectivity index (χ4v) is 1.94. The summed E-state index contributed by atoms with van der Waals surface area (Å²) in [6.45, 7) is 6.57. The Kier molecular flexibility index (Phi) is 11.7. The molecule has 2 aromatic carbocycles. The van der Waals surface area contributed by atoms with E-state index in [0.717, 1.165) is 5.56 Å². The zero-order chi connectivity index (χ0) is 17.8. The van der Waals surface area contributed by atoms with E-state index >= 15 is 0 Å². The average molecular weight is 362 g/mol. The number of halogens is 4. The molecule has 0 spiro atoms. The second-order valence-corrected chi connectivity index (χ2v) is 5.21. The number of nitrogens with one attached hydrogen (secondary N) is 1. The van der Waals surface area contributed by atoms with Gasteiger partial charge in [0.15, 0.2) is 0 Å². The van der Waals surface area contributed by atoms with Gasteiger partial charge in [-0.05, 0) is 48.9 Å². The highest BCUT2D eigenvalue weighted by Crippen LogP contribution is 2.15. The van der Waals surface area contributed by atoms with Crippen molar-refractivity contribution in [1.82, 2.24) is 5.32 Å². The van der Waals surface area contributed by atoms with Crippen LogP contribution >= 0.6 is 23.2 Å². The molecular weight excluding hydrogens is 339 g/mol. The van der Waals surface area contributed by atoms with Gasteiger partial charge in [0, 0.05) is 11.6 Å². The lowest BCUT2D eigenvalue weighted by Gasteiger charge is -1.99. The molecule has 23 heavy (non-hydrogen) atoms. The lowest BCUT2D eigenvalue weighted by molar-refractivity contribution is 0.612. The number of benzene rings is 2. The van der Waals surface area contributed by atoms with Gasteiger partial charge in [-0.15, -0.1) is 0 Å². The van der Waals surface area contributed by atoms with Gasteiger partial charge in [-0.25, -0.2) is 8.78 Å². The van der Waals surface area contributed by atoms with E-state index in [1.807, 2.05) is 27.8 Å². The summed E-state index contributed by atoms with van der Waals surface area (Å²) in [5.74, 6) is -0.575. The molecule has 1 nitrogen and oxygen atoms in total. The molecular formula is C18H23Cl2F2N. The molecule has 0 saturated heterocycles. The van der Waals surface area contributed by atoms with Gasteiger partial charge in [-0.2, -0.15) is 0 Å². The van der Waals surface area contributed by atoms with Crippen LogP contribution in [0.15, 0.2) is 36.4 Å². The van der Waals surface area contributed by atoms with Crippen LogP contribution in [-0.2, 0) is 13.0 Å². The topological polar surface area (TPSA) is 12.0 Å². The number of hydrogen-bond acceptors (Lipinski definition) is 1. The van der Waals surface area contributed by atoms with E-state index in [-0.39, 0.29) is 16.7 Å². The lowest BCUT2D eigenvalue weighted by atomic mass is 10.2. The predicted octanol–water partition coefficient (Wildman–Crippen LogP) is 6.27. The first-order valence-electron chi connectivity index (χ1n) is 7.50. The van der Waals surface area contributed by atoms with Crippen LogP contribution in [-0.4, -0.2) is 7.05 Å². The third-order valence-electron chi connectivity index (χ3n) is 2.76. The van der Waals surface area contributed by atoms with Gasteiger partial charge in [0.05, 0.1) is 5.02 Å². The first kappa shape index (κ1) is 21.8. The molecule has 0 atom stereocenters. The third kappa shape index (κ3) is 8.31. The van der Waals surface area contributed by atoms with Crippen molar-refractivity contribution in [2.75, 3.05) is 7.05 Å². The molecule has 0 heterocycles. The van der Waals surface area contributed by atoms with Gasteiger partial charge in [-0.3, -0.25) is 0 Å². The summed E-state index contributed by atoms with van der Waals surface area (Å²) in [6, 6.07) is 9.52. The molecule has 0 aromatic heterocycles. The van der Waals surface area contributed by atoms with Crippen molar-refractivity contribution in [2.45, 2.75) is 33.7 Å². The van der Waals surface area contributed by atoms with Crippen LogP contribution in [0.25, 0.3) is 0 Å². The molecule has 2 rings (SSSR count). The largest absolute Gasteiger partial charge is 0.316 e. The van der Waals surface area contributed by atoms with Crippen LogP contribution in [0.2, 0.25) is 10.0 Å². The quantitative estimate of drug-likeness (QED) is 0.679. The fourth-order valence-electron chi connectivity index (χ4n) is 1.66. The normalized spacial score (nSPS) is 9.39. The van der Waals surface area contributed by atoms with Crippen molar-refractivity contribution in [3.8, 4) is 0 Å². The molecule has 0 aliphatic carbocycles. The minimum Gasteiger partial charge on any atom is -0.316 e. The predicted molar refractivity (Wildman–Crippen MR) is 96.3 cm³/mol. The van der Waals surface area contributed by atoms with E-state index in [1.165, 1.54) is 12.1 Å². The fraction of sp³-hybridized carbons (Fsp3) is 0.333. The average Bonchev–Trinajstić information content (AvgIpc) is 2.54. The minimum absolute atomic E-state index is 0.171. The maximum absolute atomic E-state index is 12.8. The molecule has 2 aromatic rings. The Morgan fingerprint density at radius 2 is 1.61 bits per heavy atom. The zero-order valence-electron chi connectivity index (χ0n) is 13.9. The lowest BCUT2D eigenvalue weighted by Crippen LogP contribution is -2.04. The van der Waals surface area contributed by atoms with Crippen LogP contribution in [0, 0.1) is 11.6 Å². The summed E-state index contributed by atoms with van der Waals surface area (Å²) >= 11 is 11.0. The molecule has 1 N–H and O–H groups in total. The van der Waals surface area contributed by atoms with Crippen molar-refractivity contribution in [2.24, 2.45) is 0 Å². The number of aryl methyl sites for hydroxylation is 1. The van der Waals surface area contributed by atoms with Crippen molar-refractivity contribution >= 4 is 23.2 Å². The third-order valence-corrected chi connectivity index (χ3v) is 3.30. The molecule has 0 unspecified atom stereocenters. The first-order chi connectivity index (χ1) is 11.0. The highest BCUT2D eigenvalue weighted by atomic mass is 35.5. The van der Waals surface area contributed by atoms with Crippen molar-refractivity contribution < 1.29 is 8.78 Å². The number of rotatable bonds is 3. The first-order valence-corrected chi connectivity index (χ1v) is 8.26. The van der Waals surface area contributed by atoms with E-state index in [2.05, 4.69) is 5.32 Å². The standard InChI is InChI=1S/C8H9ClFN.C8H8ClF.C2H6/c1-11-5-6-2-3-7(9)8(10)4-6;1-2-6-3-4-7(9)5-8(6)10;1-2/h2-4,11H,5H2,1H3;3-5H,2H2,1H3;1-2H3. The van der Waals surface area contributed by atoms with Crippen molar-refractivity contribution in [3.63, 3.8) is 0 Å². The summed E-state index contributed by atoms with van der Waals surface area (Å²) in [7, 11) is 1.81. The zero-order valence-corrected chi connectivity index (χ0v) is 15.4. The highest BCUT2D eigenvalue weighted by Gasteiger charge is 1.99. The van der Waals surface area contributed by atoms with Crippen LogP contribution in [0.3, 0.4) is 0 Å². The maximum Gasteiger partial charge on any atom is 0.142 e. The molecule has 0 radical (unpaired) electrons. The minimum atomic E-state index is -0.362. The monoisotopic (exact) mass is 361 g/mol. The van der Waals surface area contributed by atoms with E-state index in [9.17, 15) is 8.78 Å². The summed E-state index contributed by atoms with van der Waals surface area (Å²) in [5, 5.41) is 3.55. The Morgan fingerprint density at radius 1 is 0.957 bits per heavy atom. The Bertz CT molecular complexity index is 589. The molecule has 0 fully saturated rings. The van der Waals surface area contributed by atoms with Gasteiger partial charge in [0.1, 0.15) is 11.6 Å². The smallest absolute Gasteiger partial charge is 0.142 e. The molecule has 0 saturated carbocycles. The second-order valence-electron chi connectivity index (χ2n) is 4.37. The van der Waals surface area contributed by atoms with Crippen LogP contribution in [0.1, 0.15) is 31.9 Å². The van der Waals surface area contributed by atoms with Crippen LogP contribution in [0.5, 0.6) is 0 Å². The van der Waals surface area contributed by atoms with Crippen LogP contribution in [0.4, 0.5) is 8.78 Å². The van der Waals surface area contributed by atoms with Gasteiger partial charge >= 0.3 is 0 Å². The molecule has 5 heteroatoms. The Labute approximate surface area is 147 Å². The van der Waals surface area contributed by atoms with E-state index in [4.69, 9.17) is 23.2 Å². The van der Waals surface area contributed by atoms with Gasteiger partial charge < -0.3 is 5.32 Å². The Morgan fingerprint density at radius 3 is 2.09 bits per heavy atom. The van der Waals surface area contributed by atoms with Crippen molar-refractivity contribution in [1.29, 1.82) is 0 Å². The molecule has 0 bridgehead atoms. The maximum atomic E-state index is 12.8. The molecule has 0 amide bonds. The van der Waals surface area contributed by atoms with Gasteiger partial charge in [0.25, 0.3) is 0 Å². The summed E-state index contributed by atoms with van der Waals surface area (Å²) in [4.78, 5) is 0. The second kappa shape index (κ2) is 12.3. The Balaban J connectivity index is 0.000000381. The molecule has 0 aliphatic heterocycles. The Hall–Kier alpha value is -1.16. The highest BCUT2D eigenvalue weighted by molar-refractivity contribution is 6.30. The van der Waals surface area contributed by atoms with E-state index < -0.39 is 0 Å². The van der Waals surface area contributed by atoms with Gasteiger partial charge in [0.2, 0.25) is 0 Å². The summed E-state index contributed by atoms with van der Waals surface area (Å²) in [6.07, 6.45) is 0.711. The van der Waals surface area contributed by atoms with E-state index in [0.29, 0.717) is 23.6 Å². The summed E-state index contributed by atoms with van der Waals surface area (Å²) in [5.41, 5.74) is 1.61. The van der Waals surface area contributed by atoms with Gasteiger partial charge in [-0.1, -0.05) is 56.1 Å². The number of hydrogen-bond donors (Lipinski definition) is 1. The molecule has 128 valence electrons. The van der Waals surface area contributed by atoms with E-state index in [1.54, 1.807) is 24.3 Å².